The monoisotopic (exact) mass is 331 g/mol. The Labute approximate surface area is 142 Å². The van der Waals surface area contributed by atoms with Gasteiger partial charge in [-0.2, -0.15) is 0 Å². The van der Waals surface area contributed by atoms with Crippen LogP contribution >= 0.6 is 0 Å². The number of carbonyl (C=O) groups is 2. The van der Waals surface area contributed by atoms with E-state index in [0.29, 0.717) is 13.1 Å². The van der Waals surface area contributed by atoms with Crippen molar-refractivity contribution >= 4 is 11.8 Å². The summed E-state index contributed by atoms with van der Waals surface area (Å²) >= 11 is 0. The molecule has 0 aromatic heterocycles. The highest BCUT2D eigenvalue weighted by atomic mass is 16.3. The van der Waals surface area contributed by atoms with E-state index in [1.165, 1.54) is 23.6 Å². The van der Waals surface area contributed by atoms with Crippen molar-refractivity contribution in [3.05, 3.63) is 34.9 Å². The van der Waals surface area contributed by atoms with E-state index in [4.69, 9.17) is 0 Å². The molecule has 0 bridgehead atoms. The van der Waals surface area contributed by atoms with E-state index in [1.54, 1.807) is 4.90 Å². The largest absolute Gasteiger partial charge is 0.391 e. The van der Waals surface area contributed by atoms with Crippen molar-refractivity contribution in [3.8, 4) is 0 Å². The van der Waals surface area contributed by atoms with Gasteiger partial charge in [0.05, 0.1) is 6.10 Å². The summed E-state index contributed by atoms with van der Waals surface area (Å²) < 4.78 is 0. The number of aliphatic hydroxyl groups excluding tert-OH is 1. The summed E-state index contributed by atoms with van der Waals surface area (Å²) in [6.45, 7) is 8.25. The number of piperazine rings is 2. The van der Waals surface area contributed by atoms with Gasteiger partial charge in [0.15, 0.2) is 0 Å². The molecule has 24 heavy (non-hydrogen) atoms. The van der Waals surface area contributed by atoms with Crippen LogP contribution in [0.1, 0.15) is 23.6 Å². The first-order valence-electron chi connectivity index (χ1n) is 8.44. The van der Waals surface area contributed by atoms with Crippen molar-refractivity contribution in [2.45, 2.75) is 45.5 Å². The number of fused-ring (bicyclic) bond motifs is 1. The lowest BCUT2D eigenvalue weighted by Gasteiger charge is -2.45. The number of aliphatic hydroxyl groups is 1. The zero-order valence-corrected chi connectivity index (χ0v) is 14.5. The lowest BCUT2D eigenvalue weighted by Crippen LogP contribution is -2.70. The third-order valence-electron chi connectivity index (χ3n) is 5.00. The molecule has 0 spiro atoms. The molecule has 6 nitrogen and oxygen atoms in total. The van der Waals surface area contributed by atoms with Gasteiger partial charge in [-0.15, -0.1) is 0 Å². The lowest BCUT2D eigenvalue weighted by atomic mass is 10.00. The third-order valence-corrected chi connectivity index (χ3v) is 5.00. The Bertz CT molecular complexity index is 659. The van der Waals surface area contributed by atoms with E-state index in [-0.39, 0.29) is 11.8 Å². The van der Waals surface area contributed by atoms with Gasteiger partial charge in [0, 0.05) is 26.2 Å². The highest BCUT2D eigenvalue weighted by molar-refractivity contribution is 5.97. The molecule has 2 saturated heterocycles. The van der Waals surface area contributed by atoms with Crippen molar-refractivity contribution in [3.63, 3.8) is 0 Å². The summed E-state index contributed by atoms with van der Waals surface area (Å²) in [6.07, 6.45) is -0.879. The number of nitrogens with one attached hydrogen (secondary N) is 1. The van der Waals surface area contributed by atoms with Crippen LogP contribution in [0.2, 0.25) is 0 Å². The molecule has 2 N–H and O–H groups in total. The van der Waals surface area contributed by atoms with Crippen molar-refractivity contribution in [1.29, 1.82) is 0 Å². The first-order chi connectivity index (χ1) is 11.4. The van der Waals surface area contributed by atoms with E-state index in [2.05, 4.69) is 42.3 Å². The zero-order chi connectivity index (χ0) is 17.4. The molecular formula is C18H25N3O3. The Kier molecular flexibility index (Phi) is 4.60. The molecule has 0 aliphatic carbocycles. The number of hydrogen-bond donors (Lipinski definition) is 2. The van der Waals surface area contributed by atoms with Crippen LogP contribution in [-0.4, -0.2) is 64.5 Å². The molecule has 2 aliphatic heterocycles. The number of aryl methyl sites for hydroxylation is 2. The van der Waals surface area contributed by atoms with Gasteiger partial charge in [0.25, 0.3) is 0 Å². The molecule has 3 rings (SSSR count). The molecule has 2 heterocycles. The van der Waals surface area contributed by atoms with Crippen molar-refractivity contribution in [1.82, 2.24) is 15.1 Å². The summed E-state index contributed by atoms with van der Waals surface area (Å²) in [4.78, 5) is 28.6. The quantitative estimate of drug-likeness (QED) is 0.830. The second kappa shape index (κ2) is 6.53. The van der Waals surface area contributed by atoms with Gasteiger partial charge < -0.3 is 15.3 Å². The van der Waals surface area contributed by atoms with Gasteiger partial charge in [0.2, 0.25) is 11.8 Å². The van der Waals surface area contributed by atoms with E-state index >= 15 is 0 Å². The molecule has 130 valence electrons. The molecule has 1 aromatic rings. The molecule has 6 heteroatoms. The van der Waals surface area contributed by atoms with Crippen LogP contribution < -0.4 is 5.32 Å². The standard InChI is InChI=1S/C18H25N3O3/c1-11-4-5-12(2)14(8-11)9-20-6-7-21-15(10-20)17(23)19-16(13(3)22)18(21)24/h4-5,8,13,15-16,22H,6-7,9-10H2,1-3H3,(H,19,23)/t13-,15+,16+/m0/s1. The maximum Gasteiger partial charge on any atom is 0.248 e. The molecule has 0 radical (unpaired) electrons. The summed E-state index contributed by atoms with van der Waals surface area (Å²) in [7, 11) is 0. The average Bonchev–Trinajstić information content (AvgIpc) is 2.54. The molecule has 2 aliphatic rings. The number of carbonyl (C=O) groups excluding carboxylic acids is 2. The number of nitrogens with zero attached hydrogens (tertiary/aromatic N) is 2. The van der Waals surface area contributed by atoms with Gasteiger partial charge in [-0.1, -0.05) is 23.8 Å². The second-order valence-electron chi connectivity index (χ2n) is 6.94. The minimum atomic E-state index is -0.879. The van der Waals surface area contributed by atoms with Crippen molar-refractivity contribution < 1.29 is 14.7 Å². The van der Waals surface area contributed by atoms with E-state index < -0.39 is 18.2 Å². The predicted octanol–water partition coefficient (Wildman–Crippen LogP) is 0.195. The van der Waals surface area contributed by atoms with Gasteiger partial charge >= 0.3 is 0 Å². The maximum absolute atomic E-state index is 12.4. The molecule has 0 saturated carbocycles. The third kappa shape index (κ3) is 3.16. The molecule has 2 amide bonds. The van der Waals surface area contributed by atoms with Crippen LogP contribution in [0.5, 0.6) is 0 Å². The number of benzene rings is 1. The minimum absolute atomic E-state index is 0.175. The molecule has 0 unspecified atom stereocenters. The Morgan fingerprint density at radius 1 is 1.29 bits per heavy atom. The van der Waals surface area contributed by atoms with Crippen LogP contribution in [0, 0.1) is 13.8 Å². The predicted molar refractivity (Wildman–Crippen MR) is 90.3 cm³/mol. The first-order valence-corrected chi connectivity index (χ1v) is 8.44. The van der Waals surface area contributed by atoms with Crippen LogP contribution in [-0.2, 0) is 16.1 Å². The highest BCUT2D eigenvalue weighted by Gasteiger charge is 2.44. The van der Waals surface area contributed by atoms with Crippen molar-refractivity contribution in [2.75, 3.05) is 19.6 Å². The zero-order valence-electron chi connectivity index (χ0n) is 14.5. The average molecular weight is 331 g/mol. The summed E-state index contributed by atoms with van der Waals surface area (Å²) in [5.74, 6) is -0.354. The summed E-state index contributed by atoms with van der Waals surface area (Å²) in [5.41, 5.74) is 3.72. The molecular weight excluding hydrogens is 306 g/mol. The van der Waals surface area contributed by atoms with Gasteiger partial charge in [-0.05, 0) is 31.9 Å². The molecule has 3 atom stereocenters. The Morgan fingerprint density at radius 3 is 2.75 bits per heavy atom. The van der Waals surface area contributed by atoms with Crippen LogP contribution in [0.4, 0.5) is 0 Å². The SMILES string of the molecule is Cc1ccc(C)c(CN2CCN3C(=O)[C@@H]([C@H](C)O)NC(=O)[C@H]3C2)c1. The number of amides is 2. The van der Waals surface area contributed by atoms with Crippen LogP contribution in [0.3, 0.4) is 0 Å². The van der Waals surface area contributed by atoms with E-state index in [9.17, 15) is 14.7 Å². The van der Waals surface area contributed by atoms with Crippen LogP contribution in [0.25, 0.3) is 0 Å². The fraction of sp³-hybridized carbons (Fsp3) is 0.556. The van der Waals surface area contributed by atoms with Gasteiger partial charge in [-0.25, -0.2) is 0 Å². The van der Waals surface area contributed by atoms with Crippen molar-refractivity contribution in [2.24, 2.45) is 0 Å². The number of hydrogen-bond acceptors (Lipinski definition) is 4. The molecule has 2 fully saturated rings. The topological polar surface area (TPSA) is 72.9 Å². The number of rotatable bonds is 3. The summed E-state index contributed by atoms with van der Waals surface area (Å²) in [6, 6.07) is 5.10. The normalized spacial score (nSPS) is 26.1. The minimum Gasteiger partial charge on any atom is -0.391 e. The Morgan fingerprint density at radius 2 is 2.04 bits per heavy atom. The molecule has 1 aromatic carbocycles. The van der Waals surface area contributed by atoms with Gasteiger partial charge in [0.1, 0.15) is 12.1 Å². The smallest absolute Gasteiger partial charge is 0.248 e. The second-order valence-corrected chi connectivity index (χ2v) is 6.94. The van der Waals surface area contributed by atoms with Gasteiger partial charge in [-0.3, -0.25) is 14.5 Å². The fourth-order valence-corrected chi connectivity index (χ4v) is 3.50. The lowest BCUT2D eigenvalue weighted by molar-refractivity contribution is -0.156. The first kappa shape index (κ1) is 16.9. The Balaban J connectivity index is 1.72. The Hall–Kier alpha value is -1.92. The fourth-order valence-electron chi connectivity index (χ4n) is 3.50. The summed E-state index contributed by atoms with van der Waals surface area (Å²) in [5, 5.41) is 12.3. The van der Waals surface area contributed by atoms with E-state index in [1.807, 2.05) is 0 Å². The maximum atomic E-state index is 12.4. The van der Waals surface area contributed by atoms with Crippen LogP contribution in [0.15, 0.2) is 18.2 Å². The van der Waals surface area contributed by atoms with E-state index in [0.717, 1.165) is 13.1 Å². The highest BCUT2D eigenvalue weighted by Crippen LogP contribution is 2.20.